The Morgan fingerprint density at radius 1 is 1.38 bits per heavy atom. The minimum absolute atomic E-state index is 0.475. The molecule has 0 unspecified atom stereocenters. The second-order valence-corrected chi connectivity index (χ2v) is 3.58. The quantitative estimate of drug-likeness (QED) is 0.833. The van der Waals surface area contributed by atoms with Gasteiger partial charge in [-0.25, -0.2) is 4.79 Å². The molecule has 13 heavy (non-hydrogen) atoms. The third-order valence-corrected chi connectivity index (χ3v) is 2.15. The Labute approximate surface area is 85.4 Å². The number of nitrogens with one attached hydrogen (secondary N) is 1. The molecule has 0 aliphatic heterocycles. The molecule has 2 amide bonds. The van der Waals surface area contributed by atoms with Gasteiger partial charge in [0.1, 0.15) is 0 Å². The fourth-order valence-corrected chi connectivity index (χ4v) is 1.25. The van der Waals surface area contributed by atoms with E-state index in [1.165, 1.54) is 5.56 Å². The normalized spacial score (nSPS) is 9.62. The molecule has 0 saturated heterocycles. The number of urea groups is 1. The molecular weight excluding hydrogens is 232 g/mol. The Kier molecular flexibility index (Phi) is 3.76. The molecule has 1 aromatic carbocycles. The molecule has 70 valence electrons. The van der Waals surface area contributed by atoms with E-state index in [9.17, 15) is 4.79 Å². The Morgan fingerprint density at radius 2 is 2.00 bits per heavy atom. The van der Waals surface area contributed by atoms with Gasteiger partial charge in [0.15, 0.2) is 0 Å². The summed E-state index contributed by atoms with van der Waals surface area (Å²) in [4.78, 5) is 10.3. The van der Waals surface area contributed by atoms with E-state index in [-0.39, 0.29) is 0 Å². The Morgan fingerprint density at radius 3 is 2.54 bits per heavy atom. The lowest BCUT2D eigenvalue weighted by Gasteiger charge is -2.01. The number of halogens is 1. The number of hydrogen-bond donors (Lipinski definition) is 2. The molecule has 1 aromatic rings. The monoisotopic (exact) mass is 242 g/mol. The van der Waals surface area contributed by atoms with Gasteiger partial charge in [0.05, 0.1) is 0 Å². The summed E-state index contributed by atoms with van der Waals surface area (Å²) in [6.07, 6.45) is 0.802. The molecule has 3 N–H and O–H groups in total. The van der Waals surface area contributed by atoms with Crippen LogP contribution in [-0.4, -0.2) is 12.6 Å². The molecule has 0 radical (unpaired) electrons. The number of carbonyl (C=O) groups is 1. The summed E-state index contributed by atoms with van der Waals surface area (Å²) in [7, 11) is 0. The van der Waals surface area contributed by atoms with E-state index < -0.39 is 6.03 Å². The highest BCUT2D eigenvalue weighted by Gasteiger charge is 1.94. The number of rotatable bonds is 3. The molecule has 0 heterocycles. The summed E-state index contributed by atoms with van der Waals surface area (Å²) in [6, 6.07) is 7.48. The van der Waals surface area contributed by atoms with Crippen LogP contribution in [0.3, 0.4) is 0 Å². The minimum Gasteiger partial charge on any atom is -0.352 e. The maximum Gasteiger partial charge on any atom is 0.312 e. The summed E-state index contributed by atoms with van der Waals surface area (Å²) in [5.74, 6) is 0. The number of nitrogens with two attached hydrogens (primary N) is 1. The van der Waals surface area contributed by atoms with E-state index in [1.807, 2.05) is 24.3 Å². The van der Waals surface area contributed by atoms with Crippen LogP contribution in [0.1, 0.15) is 5.56 Å². The van der Waals surface area contributed by atoms with E-state index in [1.54, 1.807) is 0 Å². The first-order valence-corrected chi connectivity index (χ1v) is 4.75. The summed E-state index contributed by atoms with van der Waals surface area (Å²) in [5, 5.41) is 2.54. The molecule has 0 atom stereocenters. The Balaban J connectivity index is 2.37. The molecule has 0 fully saturated rings. The predicted octanol–water partition coefficient (Wildman–Crippen LogP) is 1.66. The van der Waals surface area contributed by atoms with Crippen molar-refractivity contribution in [3.63, 3.8) is 0 Å². The molecule has 0 spiro atoms. The van der Waals surface area contributed by atoms with Crippen molar-refractivity contribution < 1.29 is 4.79 Å². The maximum atomic E-state index is 10.3. The van der Waals surface area contributed by atoms with Crippen LogP contribution in [0.25, 0.3) is 0 Å². The number of carbonyl (C=O) groups excluding carboxylic acids is 1. The number of amides is 2. The predicted molar refractivity (Wildman–Crippen MR) is 55.4 cm³/mol. The van der Waals surface area contributed by atoms with Crippen molar-refractivity contribution >= 4 is 22.0 Å². The highest BCUT2D eigenvalue weighted by Crippen LogP contribution is 2.10. The van der Waals surface area contributed by atoms with Crippen LogP contribution >= 0.6 is 15.9 Å². The molecule has 3 nitrogen and oxygen atoms in total. The van der Waals surface area contributed by atoms with E-state index >= 15 is 0 Å². The lowest BCUT2D eigenvalue weighted by Crippen LogP contribution is -2.30. The van der Waals surface area contributed by atoms with Gasteiger partial charge in [-0.3, -0.25) is 0 Å². The molecular formula is C9H11BrN2O. The summed E-state index contributed by atoms with van der Waals surface area (Å²) < 4.78 is 1.05. The molecule has 0 aromatic heterocycles. The SMILES string of the molecule is NC(=O)NCCc1ccc(Br)cc1. The van der Waals surface area contributed by atoms with E-state index in [0.717, 1.165) is 10.9 Å². The van der Waals surface area contributed by atoms with Gasteiger partial charge in [-0.1, -0.05) is 28.1 Å². The Hall–Kier alpha value is -1.03. The van der Waals surface area contributed by atoms with Gasteiger partial charge in [-0.2, -0.15) is 0 Å². The van der Waals surface area contributed by atoms with Crippen molar-refractivity contribution in [2.75, 3.05) is 6.54 Å². The highest BCUT2D eigenvalue weighted by molar-refractivity contribution is 9.10. The first-order valence-electron chi connectivity index (χ1n) is 3.96. The zero-order valence-electron chi connectivity index (χ0n) is 7.09. The van der Waals surface area contributed by atoms with Gasteiger partial charge in [0, 0.05) is 11.0 Å². The number of benzene rings is 1. The Bertz CT molecular complexity index is 284. The number of primary amides is 1. The van der Waals surface area contributed by atoms with Crippen molar-refractivity contribution in [2.24, 2.45) is 5.73 Å². The zero-order chi connectivity index (χ0) is 9.68. The molecule has 4 heteroatoms. The fraction of sp³-hybridized carbons (Fsp3) is 0.222. The average Bonchev–Trinajstić information content (AvgIpc) is 2.08. The third-order valence-electron chi connectivity index (χ3n) is 1.63. The van der Waals surface area contributed by atoms with Gasteiger partial charge < -0.3 is 11.1 Å². The second-order valence-electron chi connectivity index (χ2n) is 2.67. The first kappa shape index (κ1) is 10.1. The molecule has 0 aliphatic rings. The molecule has 0 aliphatic carbocycles. The van der Waals surface area contributed by atoms with Gasteiger partial charge >= 0.3 is 6.03 Å². The molecule has 1 rings (SSSR count). The van der Waals surface area contributed by atoms with Crippen LogP contribution < -0.4 is 11.1 Å². The van der Waals surface area contributed by atoms with Crippen molar-refractivity contribution in [1.29, 1.82) is 0 Å². The third kappa shape index (κ3) is 3.94. The van der Waals surface area contributed by atoms with Crippen LogP contribution in [-0.2, 0) is 6.42 Å². The van der Waals surface area contributed by atoms with Crippen LogP contribution in [0.4, 0.5) is 4.79 Å². The lowest BCUT2D eigenvalue weighted by molar-refractivity contribution is 0.249. The van der Waals surface area contributed by atoms with Crippen molar-refractivity contribution in [3.05, 3.63) is 34.3 Å². The number of hydrogen-bond acceptors (Lipinski definition) is 1. The summed E-state index contributed by atoms with van der Waals surface area (Å²) in [5.41, 5.74) is 6.10. The van der Waals surface area contributed by atoms with Crippen LogP contribution in [0, 0.1) is 0 Å². The van der Waals surface area contributed by atoms with Crippen molar-refractivity contribution in [2.45, 2.75) is 6.42 Å². The summed E-state index contributed by atoms with van der Waals surface area (Å²) in [6.45, 7) is 0.580. The van der Waals surface area contributed by atoms with Gasteiger partial charge in [0.2, 0.25) is 0 Å². The first-order chi connectivity index (χ1) is 6.18. The van der Waals surface area contributed by atoms with Crippen LogP contribution in [0.2, 0.25) is 0 Å². The minimum atomic E-state index is -0.475. The van der Waals surface area contributed by atoms with Crippen LogP contribution in [0.5, 0.6) is 0 Å². The van der Waals surface area contributed by atoms with E-state index in [4.69, 9.17) is 5.73 Å². The molecule has 0 bridgehead atoms. The lowest BCUT2D eigenvalue weighted by atomic mass is 10.1. The smallest absolute Gasteiger partial charge is 0.312 e. The standard InChI is InChI=1S/C9H11BrN2O/c10-8-3-1-7(2-4-8)5-6-12-9(11)13/h1-4H,5-6H2,(H3,11,12,13). The second kappa shape index (κ2) is 4.87. The zero-order valence-corrected chi connectivity index (χ0v) is 8.67. The van der Waals surface area contributed by atoms with E-state index in [0.29, 0.717) is 6.54 Å². The van der Waals surface area contributed by atoms with Crippen LogP contribution in [0.15, 0.2) is 28.7 Å². The molecule has 0 saturated carbocycles. The largest absolute Gasteiger partial charge is 0.352 e. The van der Waals surface area contributed by atoms with Gasteiger partial charge in [0.25, 0.3) is 0 Å². The summed E-state index contributed by atoms with van der Waals surface area (Å²) >= 11 is 3.35. The van der Waals surface area contributed by atoms with Gasteiger partial charge in [-0.15, -0.1) is 0 Å². The van der Waals surface area contributed by atoms with Gasteiger partial charge in [-0.05, 0) is 24.1 Å². The maximum absolute atomic E-state index is 10.3. The fourth-order valence-electron chi connectivity index (χ4n) is 0.981. The van der Waals surface area contributed by atoms with Crippen molar-refractivity contribution in [3.8, 4) is 0 Å². The average molecular weight is 243 g/mol. The van der Waals surface area contributed by atoms with Crippen molar-refractivity contribution in [1.82, 2.24) is 5.32 Å². The van der Waals surface area contributed by atoms with E-state index in [2.05, 4.69) is 21.2 Å². The highest BCUT2D eigenvalue weighted by atomic mass is 79.9. The topological polar surface area (TPSA) is 55.1 Å².